The highest BCUT2D eigenvalue weighted by atomic mass is 19.1. The number of hydrogen-bond donors (Lipinski definition) is 5. The molecule has 33 heavy (non-hydrogen) atoms. The molecule has 3 aromatic rings. The lowest BCUT2D eigenvalue weighted by molar-refractivity contribution is -0.140. The summed E-state index contributed by atoms with van der Waals surface area (Å²) < 4.78 is 14.5. The topological polar surface area (TPSA) is 161 Å². The molecule has 0 spiro atoms. The molecule has 172 valence electrons. The van der Waals surface area contributed by atoms with Crippen LogP contribution >= 0.6 is 0 Å². The van der Waals surface area contributed by atoms with Crippen molar-refractivity contribution in [2.75, 3.05) is 5.32 Å². The van der Waals surface area contributed by atoms with Crippen LogP contribution in [0.2, 0.25) is 0 Å². The van der Waals surface area contributed by atoms with Gasteiger partial charge in [0.2, 0.25) is 0 Å². The molecule has 11 heteroatoms. The third-order valence-corrected chi connectivity index (χ3v) is 4.85. The molecule has 1 heterocycles. The largest absolute Gasteiger partial charge is 0.481 e. The molecule has 0 aliphatic carbocycles. The van der Waals surface area contributed by atoms with Crippen molar-refractivity contribution in [1.82, 2.24) is 15.3 Å². The number of carbonyl (C=O) groups excluding carboxylic acids is 1. The van der Waals surface area contributed by atoms with Gasteiger partial charge in [0.1, 0.15) is 17.7 Å². The van der Waals surface area contributed by atoms with Crippen molar-refractivity contribution in [3.63, 3.8) is 0 Å². The second-order valence-electron chi connectivity index (χ2n) is 7.35. The summed E-state index contributed by atoms with van der Waals surface area (Å²) in [5, 5.41) is 23.3. The molecule has 0 saturated carbocycles. The van der Waals surface area contributed by atoms with E-state index in [-0.39, 0.29) is 29.8 Å². The molecule has 1 atom stereocenters. The van der Waals surface area contributed by atoms with Gasteiger partial charge in [0.05, 0.1) is 16.6 Å². The number of nitrogens with zero attached hydrogens (tertiary/aromatic N) is 1. The van der Waals surface area contributed by atoms with Crippen LogP contribution < -0.4 is 16.2 Å². The van der Waals surface area contributed by atoms with Crippen molar-refractivity contribution in [1.29, 1.82) is 0 Å². The Balaban J connectivity index is 1.68. The Labute approximate surface area is 186 Å². The number of benzene rings is 2. The zero-order chi connectivity index (χ0) is 24.1. The lowest BCUT2D eigenvalue weighted by Gasteiger charge is -2.14. The van der Waals surface area contributed by atoms with E-state index in [2.05, 4.69) is 20.6 Å². The summed E-state index contributed by atoms with van der Waals surface area (Å²) in [5.41, 5.74) is 0.970. The molecule has 0 aliphatic rings. The highest BCUT2D eigenvalue weighted by Crippen LogP contribution is 2.18. The summed E-state index contributed by atoms with van der Waals surface area (Å²) in [6, 6.07) is 7.28. The van der Waals surface area contributed by atoms with Crippen LogP contribution in [0, 0.1) is 12.7 Å². The molecule has 3 rings (SSSR count). The lowest BCUT2D eigenvalue weighted by atomic mass is 10.1. The summed E-state index contributed by atoms with van der Waals surface area (Å²) in [5.74, 6) is -3.66. The first kappa shape index (κ1) is 23.4. The van der Waals surface area contributed by atoms with Gasteiger partial charge in [-0.05, 0) is 49.2 Å². The zero-order valence-corrected chi connectivity index (χ0v) is 17.5. The fraction of sp³-hybridized carbons (Fsp3) is 0.227. The van der Waals surface area contributed by atoms with Crippen LogP contribution in [0.1, 0.15) is 34.6 Å². The normalized spacial score (nSPS) is 11.7. The van der Waals surface area contributed by atoms with E-state index in [1.807, 2.05) is 0 Å². The van der Waals surface area contributed by atoms with E-state index in [1.165, 1.54) is 12.1 Å². The van der Waals surface area contributed by atoms with Crippen LogP contribution in [-0.4, -0.2) is 44.1 Å². The van der Waals surface area contributed by atoms with Gasteiger partial charge in [-0.15, -0.1) is 0 Å². The molecule has 0 bridgehead atoms. The summed E-state index contributed by atoms with van der Waals surface area (Å²) in [4.78, 5) is 53.1. The fourth-order valence-electron chi connectivity index (χ4n) is 3.18. The predicted molar refractivity (Wildman–Crippen MR) is 117 cm³/mol. The number of fused-ring (bicyclic) bond motifs is 1. The maximum Gasteiger partial charge on any atom is 0.326 e. The highest BCUT2D eigenvalue weighted by molar-refractivity contribution is 5.97. The second kappa shape index (κ2) is 9.90. The average molecular weight is 456 g/mol. The number of aromatic amines is 1. The average Bonchev–Trinajstić information content (AvgIpc) is 2.75. The lowest BCUT2D eigenvalue weighted by Crippen LogP contribution is -2.41. The van der Waals surface area contributed by atoms with Crippen LogP contribution in [-0.2, 0) is 16.1 Å². The van der Waals surface area contributed by atoms with Gasteiger partial charge in [0, 0.05) is 18.5 Å². The van der Waals surface area contributed by atoms with E-state index in [9.17, 15) is 23.6 Å². The number of aliphatic carboxylic acids is 2. The van der Waals surface area contributed by atoms with Gasteiger partial charge in [-0.2, -0.15) is 0 Å². The number of carbonyl (C=O) groups is 3. The molecular weight excluding hydrogens is 435 g/mol. The molecule has 1 amide bonds. The summed E-state index contributed by atoms with van der Waals surface area (Å²) >= 11 is 0. The van der Waals surface area contributed by atoms with Gasteiger partial charge in [-0.3, -0.25) is 14.4 Å². The summed E-state index contributed by atoms with van der Waals surface area (Å²) in [6.07, 6.45) is -0.743. The Morgan fingerprint density at radius 1 is 1.15 bits per heavy atom. The van der Waals surface area contributed by atoms with E-state index in [0.29, 0.717) is 22.3 Å². The summed E-state index contributed by atoms with van der Waals surface area (Å²) in [7, 11) is 0. The Kier molecular flexibility index (Phi) is 7.01. The molecule has 5 N–H and O–H groups in total. The van der Waals surface area contributed by atoms with Crippen molar-refractivity contribution in [2.24, 2.45) is 0 Å². The SMILES string of the molecule is Cc1nc2ccc(CNc3ccc(C(=O)N[C@@H](CCC(=O)O)C(=O)O)cc3F)cc2c(=O)[nH]1. The number of aryl methyl sites for hydroxylation is 1. The number of hydrogen-bond acceptors (Lipinski definition) is 6. The van der Waals surface area contributed by atoms with Crippen LogP contribution in [0.3, 0.4) is 0 Å². The predicted octanol–water partition coefficient (Wildman–Crippen LogP) is 2.03. The van der Waals surface area contributed by atoms with Crippen molar-refractivity contribution in [3.05, 3.63) is 69.5 Å². The van der Waals surface area contributed by atoms with Crippen molar-refractivity contribution >= 4 is 34.4 Å². The van der Waals surface area contributed by atoms with Gasteiger partial charge >= 0.3 is 11.9 Å². The number of aromatic nitrogens is 2. The third-order valence-electron chi connectivity index (χ3n) is 4.85. The Morgan fingerprint density at radius 2 is 1.91 bits per heavy atom. The molecule has 0 radical (unpaired) electrons. The molecule has 10 nitrogen and oxygen atoms in total. The van der Waals surface area contributed by atoms with E-state index in [1.54, 1.807) is 25.1 Å². The Bertz CT molecular complexity index is 1290. The number of H-pyrrole nitrogens is 1. The maximum atomic E-state index is 14.5. The molecule has 1 aromatic heterocycles. The van der Waals surface area contributed by atoms with E-state index >= 15 is 0 Å². The number of halogens is 1. The zero-order valence-electron chi connectivity index (χ0n) is 17.5. The first-order valence-corrected chi connectivity index (χ1v) is 9.92. The minimum Gasteiger partial charge on any atom is -0.481 e. The third kappa shape index (κ3) is 5.91. The number of carboxylic acid groups (broad SMARTS) is 2. The minimum atomic E-state index is -1.41. The van der Waals surface area contributed by atoms with Crippen molar-refractivity contribution in [3.8, 4) is 0 Å². The molecule has 2 aromatic carbocycles. The summed E-state index contributed by atoms with van der Waals surface area (Å²) in [6.45, 7) is 1.88. The number of amides is 1. The van der Waals surface area contributed by atoms with Gasteiger partial charge in [-0.25, -0.2) is 14.2 Å². The first-order valence-electron chi connectivity index (χ1n) is 9.92. The second-order valence-corrected chi connectivity index (χ2v) is 7.35. The molecule has 0 unspecified atom stereocenters. The quantitative estimate of drug-likeness (QED) is 0.327. The number of anilines is 1. The number of carboxylic acids is 2. The molecular formula is C22H21FN4O6. The maximum absolute atomic E-state index is 14.5. The monoisotopic (exact) mass is 456 g/mol. The fourth-order valence-corrected chi connectivity index (χ4v) is 3.18. The Morgan fingerprint density at radius 3 is 2.58 bits per heavy atom. The Hall–Kier alpha value is -4.28. The van der Waals surface area contributed by atoms with E-state index in [0.717, 1.165) is 6.07 Å². The standard InChI is InChI=1S/C22H21FN4O6/c1-11-25-16-4-2-12(8-14(16)21(31)26-11)10-24-17-5-3-13(9-15(17)23)20(30)27-18(22(32)33)6-7-19(28)29/h2-5,8-9,18,24H,6-7,10H2,1H3,(H,27,30)(H,28,29)(H,32,33)(H,25,26,31)/t18-/m0/s1. The van der Waals surface area contributed by atoms with Gasteiger partial charge in [0.15, 0.2) is 0 Å². The van der Waals surface area contributed by atoms with Gasteiger partial charge < -0.3 is 25.8 Å². The van der Waals surface area contributed by atoms with Crippen LogP contribution in [0.25, 0.3) is 10.9 Å². The molecule has 0 saturated heterocycles. The van der Waals surface area contributed by atoms with E-state index < -0.39 is 36.1 Å². The van der Waals surface area contributed by atoms with Crippen LogP contribution in [0.5, 0.6) is 0 Å². The highest BCUT2D eigenvalue weighted by Gasteiger charge is 2.22. The van der Waals surface area contributed by atoms with Gasteiger partial charge in [-0.1, -0.05) is 6.07 Å². The van der Waals surface area contributed by atoms with Crippen molar-refractivity contribution < 1.29 is 29.0 Å². The smallest absolute Gasteiger partial charge is 0.326 e. The van der Waals surface area contributed by atoms with Crippen molar-refractivity contribution in [2.45, 2.75) is 32.4 Å². The number of rotatable bonds is 9. The minimum absolute atomic E-state index is 0.100. The number of nitrogens with one attached hydrogen (secondary N) is 3. The van der Waals surface area contributed by atoms with Crippen LogP contribution in [0.15, 0.2) is 41.2 Å². The molecule has 0 fully saturated rings. The first-order chi connectivity index (χ1) is 15.6. The van der Waals surface area contributed by atoms with Gasteiger partial charge in [0.25, 0.3) is 11.5 Å². The van der Waals surface area contributed by atoms with Crippen LogP contribution in [0.4, 0.5) is 10.1 Å². The molecule has 0 aliphatic heterocycles. The van der Waals surface area contributed by atoms with E-state index in [4.69, 9.17) is 10.2 Å².